The summed E-state index contributed by atoms with van der Waals surface area (Å²) in [7, 11) is -3.41. The predicted octanol–water partition coefficient (Wildman–Crippen LogP) is 2.86. The first-order valence-electron chi connectivity index (χ1n) is 9.31. The summed E-state index contributed by atoms with van der Waals surface area (Å²) in [6, 6.07) is 7.63. The standard InChI is InChI=1S/C20H28N2O3S/c1-3-13-22-19(23)6-4-11-20(22)12-5-14-21(16-20)26(24,25)15-18-9-7-17(2)8-10-18/h3,7-10H,1,4-6,11-16H2,2H3. The minimum atomic E-state index is -3.41. The van der Waals surface area contributed by atoms with Gasteiger partial charge in [0.1, 0.15) is 0 Å². The molecule has 1 spiro atoms. The summed E-state index contributed by atoms with van der Waals surface area (Å²) in [5.41, 5.74) is 1.55. The van der Waals surface area contributed by atoms with Gasteiger partial charge in [0.25, 0.3) is 0 Å². The van der Waals surface area contributed by atoms with Gasteiger partial charge in [-0.05, 0) is 38.2 Å². The number of rotatable bonds is 5. The van der Waals surface area contributed by atoms with Gasteiger partial charge in [0.2, 0.25) is 15.9 Å². The molecule has 2 saturated heterocycles. The van der Waals surface area contributed by atoms with Crippen LogP contribution in [0.15, 0.2) is 36.9 Å². The fourth-order valence-electron chi connectivity index (χ4n) is 4.25. The average molecular weight is 377 g/mol. The Morgan fingerprint density at radius 1 is 1.19 bits per heavy atom. The summed E-state index contributed by atoms with van der Waals surface area (Å²) in [6.07, 6.45) is 5.63. The number of hydrogen-bond acceptors (Lipinski definition) is 3. The van der Waals surface area contributed by atoms with Crippen molar-refractivity contribution in [1.29, 1.82) is 0 Å². The first-order valence-corrected chi connectivity index (χ1v) is 10.9. The van der Waals surface area contributed by atoms with Crippen LogP contribution in [0.3, 0.4) is 0 Å². The normalized spacial score (nSPS) is 24.8. The van der Waals surface area contributed by atoms with Crippen LogP contribution in [0.25, 0.3) is 0 Å². The van der Waals surface area contributed by atoms with Gasteiger partial charge in [-0.15, -0.1) is 6.58 Å². The van der Waals surface area contributed by atoms with E-state index in [0.717, 1.165) is 36.8 Å². The van der Waals surface area contributed by atoms with Crippen LogP contribution in [0.5, 0.6) is 0 Å². The van der Waals surface area contributed by atoms with Crippen LogP contribution in [0.4, 0.5) is 0 Å². The second-order valence-electron chi connectivity index (χ2n) is 7.55. The second-order valence-corrected chi connectivity index (χ2v) is 9.52. The minimum absolute atomic E-state index is 0.0127. The first-order chi connectivity index (χ1) is 12.4. The molecule has 26 heavy (non-hydrogen) atoms. The van der Waals surface area contributed by atoms with Gasteiger partial charge in [-0.3, -0.25) is 4.79 Å². The highest BCUT2D eigenvalue weighted by Crippen LogP contribution is 2.37. The summed E-state index contributed by atoms with van der Waals surface area (Å²) in [6.45, 7) is 7.19. The molecule has 2 aliphatic rings. The monoisotopic (exact) mass is 376 g/mol. The topological polar surface area (TPSA) is 57.7 Å². The SMILES string of the molecule is C=CCN1C(=O)CCCC12CCCN(S(=O)(=O)Cc1ccc(C)cc1)C2. The van der Waals surface area contributed by atoms with Crippen molar-refractivity contribution in [2.24, 2.45) is 0 Å². The number of hydrogen-bond donors (Lipinski definition) is 0. The van der Waals surface area contributed by atoms with Crippen molar-refractivity contribution in [2.75, 3.05) is 19.6 Å². The van der Waals surface area contributed by atoms with E-state index in [-0.39, 0.29) is 17.2 Å². The van der Waals surface area contributed by atoms with Crippen LogP contribution in [0.2, 0.25) is 0 Å². The quantitative estimate of drug-likeness (QED) is 0.743. The third-order valence-corrected chi connectivity index (χ3v) is 7.40. The molecule has 0 aliphatic carbocycles. The van der Waals surface area contributed by atoms with E-state index in [1.807, 2.05) is 36.1 Å². The Morgan fingerprint density at radius 3 is 2.58 bits per heavy atom. The van der Waals surface area contributed by atoms with E-state index in [2.05, 4.69) is 6.58 Å². The van der Waals surface area contributed by atoms with Gasteiger partial charge in [0.15, 0.2) is 0 Å². The molecule has 6 heteroatoms. The lowest BCUT2D eigenvalue weighted by Gasteiger charge is -2.51. The highest BCUT2D eigenvalue weighted by atomic mass is 32.2. The number of nitrogens with zero attached hydrogens (tertiary/aromatic N) is 2. The van der Waals surface area contributed by atoms with Crippen molar-refractivity contribution in [3.05, 3.63) is 48.0 Å². The van der Waals surface area contributed by atoms with Crippen LogP contribution in [-0.4, -0.2) is 48.7 Å². The van der Waals surface area contributed by atoms with Crippen LogP contribution in [-0.2, 0) is 20.6 Å². The molecular formula is C20H28N2O3S. The van der Waals surface area contributed by atoms with Crippen molar-refractivity contribution in [1.82, 2.24) is 9.21 Å². The molecule has 0 radical (unpaired) electrons. The Morgan fingerprint density at radius 2 is 1.88 bits per heavy atom. The molecular weight excluding hydrogens is 348 g/mol. The number of aryl methyl sites for hydroxylation is 1. The van der Waals surface area contributed by atoms with Gasteiger partial charge in [0, 0.05) is 26.1 Å². The van der Waals surface area contributed by atoms with Crippen LogP contribution in [0.1, 0.15) is 43.2 Å². The maximum Gasteiger partial charge on any atom is 0.223 e. The Hall–Kier alpha value is -1.66. The van der Waals surface area contributed by atoms with E-state index < -0.39 is 10.0 Å². The number of benzene rings is 1. The minimum Gasteiger partial charge on any atom is -0.332 e. The molecule has 1 atom stereocenters. The van der Waals surface area contributed by atoms with Gasteiger partial charge >= 0.3 is 0 Å². The molecule has 1 amide bonds. The van der Waals surface area contributed by atoms with Crippen LogP contribution < -0.4 is 0 Å². The van der Waals surface area contributed by atoms with E-state index in [4.69, 9.17) is 0 Å². The third kappa shape index (κ3) is 3.86. The Labute approximate surface area is 156 Å². The maximum atomic E-state index is 13.0. The molecule has 5 nitrogen and oxygen atoms in total. The summed E-state index contributed by atoms with van der Waals surface area (Å²) >= 11 is 0. The summed E-state index contributed by atoms with van der Waals surface area (Å²) < 4.78 is 27.6. The Kier molecular flexibility index (Phi) is 5.53. The fourth-order valence-corrected chi connectivity index (χ4v) is 5.89. The summed E-state index contributed by atoms with van der Waals surface area (Å²) in [5.74, 6) is 0.132. The molecule has 3 rings (SSSR count). The number of amides is 1. The smallest absolute Gasteiger partial charge is 0.223 e. The molecule has 0 N–H and O–H groups in total. The maximum absolute atomic E-state index is 13.0. The fraction of sp³-hybridized carbons (Fsp3) is 0.550. The number of likely N-dealkylation sites (tertiary alicyclic amines) is 1. The van der Waals surface area contributed by atoms with Crippen molar-refractivity contribution in [3.8, 4) is 0 Å². The van der Waals surface area contributed by atoms with E-state index in [1.165, 1.54) is 0 Å². The number of sulfonamides is 1. The molecule has 2 fully saturated rings. The van der Waals surface area contributed by atoms with E-state index in [1.54, 1.807) is 10.4 Å². The molecule has 1 aromatic rings. The molecule has 0 bridgehead atoms. The van der Waals surface area contributed by atoms with Crippen molar-refractivity contribution < 1.29 is 13.2 Å². The van der Waals surface area contributed by atoms with Gasteiger partial charge < -0.3 is 4.90 Å². The van der Waals surface area contributed by atoms with E-state index in [9.17, 15) is 13.2 Å². The second kappa shape index (κ2) is 7.53. The molecule has 1 aromatic carbocycles. The highest BCUT2D eigenvalue weighted by molar-refractivity contribution is 7.88. The zero-order valence-corrected chi connectivity index (χ0v) is 16.3. The van der Waals surface area contributed by atoms with Gasteiger partial charge in [-0.1, -0.05) is 35.9 Å². The zero-order chi connectivity index (χ0) is 18.8. The van der Waals surface area contributed by atoms with Crippen molar-refractivity contribution in [3.63, 3.8) is 0 Å². The third-order valence-electron chi connectivity index (χ3n) is 5.60. The van der Waals surface area contributed by atoms with Crippen molar-refractivity contribution >= 4 is 15.9 Å². The lowest BCUT2D eigenvalue weighted by Crippen LogP contribution is -2.63. The average Bonchev–Trinajstić information content (AvgIpc) is 2.60. The lowest BCUT2D eigenvalue weighted by atomic mass is 9.80. The predicted molar refractivity (Wildman–Crippen MR) is 103 cm³/mol. The van der Waals surface area contributed by atoms with Crippen LogP contribution in [0, 0.1) is 6.92 Å². The summed E-state index contributed by atoms with van der Waals surface area (Å²) in [5, 5.41) is 0. The number of carbonyl (C=O) groups is 1. The molecule has 0 saturated carbocycles. The lowest BCUT2D eigenvalue weighted by molar-refractivity contribution is -0.143. The van der Waals surface area contributed by atoms with E-state index >= 15 is 0 Å². The van der Waals surface area contributed by atoms with Gasteiger partial charge in [-0.2, -0.15) is 4.31 Å². The summed E-state index contributed by atoms with van der Waals surface area (Å²) in [4.78, 5) is 14.3. The molecule has 2 aliphatic heterocycles. The van der Waals surface area contributed by atoms with Crippen LogP contribution >= 0.6 is 0 Å². The molecule has 142 valence electrons. The highest BCUT2D eigenvalue weighted by Gasteiger charge is 2.46. The number of carbonyl (C=O) groups excluding carboxylic acids is 1. The molecule has 0 aromatic heterocycles. The molecule has 1 unspecified atom stereocenters. The molecule has 2 heterocycles. The van der Waals surface area contributed by atoms with E-state index in [0.29, 0.717) is 26.1 Å². The van der Waals surface area contributed by atoms with Crippen molar-refractivity contribution in [2.45, 2.75) is 50.3 Å². The zero-order valence-electron chi connectivity index (χ0n) is 15.5. The Balaban J connectivity index is 1.81. The van der Waals surface area contributed by atoms with Gasteiger partial charge in [-0.25, -0.2) is 8.42 Å². The largest absolute Gasteiger partial charge is 0.332 e. The van der Waals surface area contributed by atoms with Gasteiger partial charge in [0.05, 0.1) is 11.3 Å². The Bertz CT molecular complexity index is 769. The number of piperidine rings is 2. The first kappa shape index (κ1) is 19.1.